The maximum atomic E-state index is 12.2. The van der Waals surface area contributed by atoms with Crippen molar-refractivity contribution in [3.8, 4) is 11.3 Å². The zero-order valence-electron chi connectivity index (χ0n) is 17.0. The van der Waals surface area contributed by atoms with Crippen molar-refractivity contribution in [2.24, 2.45) is 0 Å². The Bertz CT molecular complexity index is 1110. The number of carboxylic acid groups (broad SMARTS) is 1. The first kappa shape index (κ1) is 22.8. The second-order valence-electron chi connectivity index (χ2n) is 6.76. The van der Waals surface area contributed by atoms with Crippen LogP contribution in [0.15, 0.2) is 59.3 Å². The summed E-state index contributed by atoms with van der Waals surface area (Å²) in [6.07, 6.45) is 0.237. The Morgan fingerprint density at radius 3 is 2.53 bits per heavy atom. The molecule has 2 amide bonds. The van der Waals surface area contributed by atoms with Crippen molar-refractivity contribution < 1.29 is 28.8 Å². The maximum Gasteiger partial charge on any atom is 0.408 e. The second-order valence-corrected chi connectivity index (χ2v) is 7.17. The van der Waals surface area contributed by atoms with Gasteiger partial charge in [0.2, 0.25) is 0 Å². The van der Waals surface area contributed by atoms with E-state index in [1.165, 1.54) is 18.4 Å². The summed E-state index contributed by atoms with van der Waals surface area (Å²) in [7, 11) is 0. The predicted molar refractivity (Wildman–Crippen MR) is 115 cm³/mol. The molecule has 0 fully saturated rings. The number of amides is 2. The number of halogens is 1. The fourth-order valence-electron chi connectivity index (χ4n) is 2.90. The van der Waals surface area contributed by atoms with Crippen LogP contribution in [0.25, 0.3) is 11.3 Å². The lowest BCUT2D eigenvalue weighted by molar-refractivity contribution is -0.135. The molecular formula is C22H20ClN3O6. The van der Waals surface area contributed by atoms with Crippen molar-refractivity contribution in [3.05, 3.63) is 76.5 Å². The van der Waals surface area contributed by atoms with E-state index >= 15 is 0 Å². The number of nitrogens with one attached hydrogen (secondary N) is 2. The van der Waals surface area contributed by atoms with Gasteiger partial charge < -0.3 is 25.0 Å². The summed E-state index contributed by atoms with van der Waals surface area (Å²) in [6.45, 7) is 1.36. The lowest BCUT2D eigenvalue weighted by atomic mass is 10.1. The molecule has 10 heteroatoms. The predicted octanol–water partition coefficient (Wildman–Crippen LogP) is 3.80. The van der Waals surface area contributed by atoms with Gasteiger partial charge in [-0.2, -0.15) is 0 Å². The van der Waals surface area contributed by atoms with E-state index in [4.69, 9.17) is 26.0 Å². The number of aliphatic carboxylic acids is 1. The van der Waals surface area contributed by atoms with Crippen LogP contribution in [0.3, 0.4) is 0 Å². The van der Waals surface area contributed by atoms with Crippen LogP contribution < -0.4 is 10.6 Å². The van der Waals surface area contributed by atoms with Crippen molar-refractivity contribution >= 4 is 29.6 Å². The lowest BCUT2D eigenvalue weighted by Crippen LogP contribution is -2.29. The third-order valence-electron chi connectivity index (χ3n) is 4.51. The number of rotatable bonds is 8. The van der Waals surface area contributed by atoms with E-state index < -0.39 is 30.6 Å². The molecule has 9 nitrogen and oxygen atoms in total. The van der Waals surface area contributed by atoms with Gasteiger partial charge in [-0.05, 0) is 25.1 Å². The number of hydrogen-bond acceptors (Lipinski definition) is 6. The number of alkyl carbamates (subject to hydrolysis) is 1. The molecule has 1 aromatic heterocycles. The summed E-state index contributed by atoms with van der Waals surface area (Å²) in [5.74, 6) is -1.63. The number of benzene rings is 2. The fourth-order valence-corrected chi connectivity index (χ4v) is 3.19. The molecule has 3 rings (SSSR count). The van der Waals surface area contributed by atoms with Gasteiger partial charge >= 0.3 is 12.1 Å². The molecule has 0 bridgehead atoms. The molecule has 1 heterocycles. The van der Waals surface area contributed by atoms with Crippen LogP contribution >= 0.6 is 11.6 Å². The minimum atomic E-state index is -1.13. The lowest BCUT2D eigenvalue weighted by Gasteiger charge is -2.15. The zero-order valence-corrected chi connectivity index (χ0v) is 17.8. The fraction of sp³-hybridized carbons (Fsp3) is 0.182. The van der Waals surface area contributed by atoms with E-state index in [1.807, 2.05) is 6.07 Å². The number of carboxylic acids is 1. The summed E-state index contributed by atoms with van der Waals surface area (Å²) in [5.41, 5.74) is 2.75. The quantitative estimate of drug-likeness (QED) is 0.469. The Morgan fingerprint density at radius 2 is 1.84 bits per heavy atom. The molecule has 0 aliphatic carbocycles. The van der Waals surface area contributed by atoms with E-state index in [1.54, 1.807) is 37.3 Å². The molecule has 1 unspecified atom stereocenters. The van der Waals surface area contributed by atoms with E-state index in [2.05, 4.69) is 15.8 Å². The maximum absolute atomic E-state index is 12.2. The summed E-state index contributed by atoms with van der Waals surface area (Å²) in [4.78, 5) is 34.7. The van der Waals surface area contributed by atoms with Gasteiger partial charge in [0, 0.05) is 27.3 Å². The molecular weight excluding hydrogens is 438 g/mol. The standard InChI is InChI=1S/C22H20ClN3O6/c1-13(17-4-2-3-5-18(17)23)32-22(30)25-10-16-12-31-26-20(16)14-6-8-15(9-7-14)21(29)24-11-19(27)28/h2-9,12-13H,10-11H2,1H3,(H,24,29)(H,25,30)(H,27,28). The molecule has 0 radical (unpaired) electrons. The highest BCUT2D eigenvalue weighted by molar-refractivity contribution is 6.31. The van der Waals surface area contributed by atoms with Gasteiger partial charge in [-0.25, -0.2) is 4.79 Å². The topological polar surface area (TPSA) is 131 Å². The SMILES string of the molecule is CC(OC(=O)NCc1conc1-c1ccc(C(=O)NCC(=O)O)cc1)c1ccccc1Cl. The van der Waals surface area contributed by atoms with Crippen molar-refractivity contribution in [3.63, 3.8) is 0 Å². The van der Waals surface area contributed by atoms with Crippen LogP contribution in [0.2, 0.25) is 5.02 Å². The van der Waals surface area contributed by atoms with E-state index in [-0.39, 0.29) is 6.54 Å². The summed E-state index contributed by atoms with van der Waals surface area (Å²) < 4.78 is 10.4. The molecule has 0 saturated heterocycles. The van der Waals surface area contributed by atoms with Crippen molar-refractivity contribution in [2.75, 3.05) is 6.54 Å². The number of carbonyl (C=O) groups excluding carboxylic acids is 2. The minimum absolute atomic E-state index is 0.105. The first-order valence-corrected chi connectivity index (χ1v) is 9.95. The Morgan fingerprint density at radius 1 is 1.12 bits per heavy atom. The van der Waals surface area contributed by atoms with Crippen molar-refractivity contribution in [1.82, 2.24) is 15.8 Å². The first-order chi connectivity index (χ1) is 15.3. The molecule has 0 aliphatic heterocycles. The van der Waals surface area contributed by atoms with E-state index in [9.17, 15) is 14.4 Å². The summed E-state index contributed by atoms with van der Waals surface area (Å²) in [5, 5.41) is 18.0. The van der Waals surface area contributed by atoms with Gasteiger partial charge in [-0.1, -0.05) is 47.1 Å². The highest BCUT2D eigenvalue weighted by Gasteiger charge is 2.16. The highest BCUT2D eigenvalue weighted by atomic mass is 35.5. The third kappa shape index (κ3) is 5.86. The van der Waals surface area contributed by atoms with Crippen LogP contribution in [0, 0.1) is 0 Å². The molecule has 1 atom stereocenters. The smallest absolute Gasteiger partial charge is 0.408 e. The van der Waals surface area contributed by atoms with Gasteiger partial charge in [0.1, 0.15) is 24.6 Å². The molecule has 32 heavy (non-hydrogen) atoms. The average molecular weight is 458 g/mol. The molecule has 3 aromatic rings. The number of aromatic nitrogens is 1. The monoisotopic (exact) mass is 457 g/mol. The summed E-state index contributed by atoms with van der Waals surface area (Å²) in [6, 6.07) is 13.5. The first-order valence-electron chi connectivity index (χ1n) is 9.57. The van der Waals surface area contributed by atoms with Gasteiger partial charge in [0.05, 0.1) is 6.54 Å². The Kier molecular flexibility index (Phi) is 7.45. The van der Waals surface area contributed by atoms with Crippen molar-refractivity contribution in [1.29, 1.82) is 0 Å². The number of ether oxygens (including phenoxy) is 1. The molecule has 166 valence electrons. The number of carbonyl (C=O) groups is 3. The van der Waals surface area contributed by atoms with Gasteiger partial charge in [0.25, 0.3) is 5.91 Å². The summed E-state index contributed by atoms with van der Waals surface area (Å²) >= 11 is 6.13. The molecule has 0 spiro atoms. The second kappa shape index (κ2) is 10.5. The average Bonchev–Trinajstić information content (AvgIpc) is 3.25. The molecule has 3 N–H and O–H groups in total. The highest BCUT2D eigenvalue weighted by Crippen LogP contribution is 2.25. The largest absolute Gasteiger partial charge is 0.480 e. The minimum Gasteiger partial charge on any atom is -0.480 e. The van der Waals surface area contributed by atoms with Crippen LogP contribution in [0.4, 0.5) is 4.79 Å². The van der Waals surface area contributed by atoms with Crippen molar-refractivity contribution in [2.45, 2.75) is 19.6 Å². The van der Waals surface area contributed by atoms with Gasteiger partial charge in [-0.15, -0.1) is 0 Å². The van der Waals surface area contributed by atoms with E-state index in [0.29, 0.717) is 33.0 Å². The van der Waals surface area contributed by atoms with Crippen LogP contribution in [-0.2, 0) is 16.1 Å². The Labute approximate surface area is 188 Å². The van der Waals surface area contributed by atoms with Gasteiger partial charge in [0.15, 0.2) is 0 Å². The zero-order chi connectivity index (χ0) is 23.1. The Hall–Kier alpha value is -3.85. The van der Waals surface area contributed by atoms with Gasteiger partial charge in [-0.3, -0.25) is 9.59 Å². The molecule has 2 aromatic carbocycles. The van der Waals surface area contributed by atoms with Crippen LogP contribution in [0.1, 0.15) is 34.5 Å². The molecule has 0 saturated carbocycles. The number of nitrogens with zero attached hydrogens (tertiary/aromatic N) is 1. The number of hydrogen-bond donors (Lipinski definition) is 3. The third-order valence-corrected chi connectivity index (χ3v) is 4.86. The normalized spacial score (nSPS) is 11.4. The van der Waals surface area contributed by atoms with E-state index in [0.717, 1.165) is 0 Å². The van der Waals surface area contributed by atoms with Crippen LogP contribution in [0.5, 0.6) is 0 Å². The molecule has 0 aliphatic rings. The van der Waals surface area contributed by atoms with Crippen LogP contribution in [-0.4, -0.2) is 34.8 Å². The Balaban J connectivity index is 1.59.